The molecule has 2 aliphatic heterocycles. The van der Waals surface area contributed by atoms with E-state index in [-0.39, 0.29) is 6.03 Å². The van der Waals surface area contributed by atoms with E-state index in [1.807, 2.05) is 12.4 Å². The molecule has 3 rings (SSSR count). The Morgan fingerprint density at radius 1 is 1.33 bits per heavy atom. The number of nitrogens with one attached hydrogen (secondary N) is 2. The lowest BCUT2D eigenvalue weighted by Gasteiger charge is -2.24. The monoisotopic (exact) mass is 292 g/mol. The first-order valence-electron chi connectivity index (χ1n) is 7.93. The molecule has 0 radical (unpaired) electrons. The van der Waals surface area contributed by atoms with E-state index in [2.05, 4.69) is 20.2 Å². The molecule has 0 spiro atoms. The second-order valence-electron chi connectivity index (χ2n) is 5.99. The van der Waals surface area contributed by atoms with Gasteiger partial charge in [-0.25, -0.2) is 9.78 Å². The summed E-state index contributed by atoms with van der Waals surface area (Å²) in [7, 11) is 0. The number of hydrogen-bond donors (Lipinski definition) is 2. The fourth-order valence-corrected chi connectivity index (χ4v) is 3.18. The molecular formula is C15H24N4O2. The maximum atomic E-state index is 11.9. The number of carbonyl (C=O) groups excluding carboxylic acids is 1. The molecule has 2 atom stereocenters. The number of nitrogens with zero attached hydrogens (tertiary/aromatic N) is 2. The Balaban J connectivity index is 1.40. The van der Waals surface area contributed by atoms with E-state index >= 15 is 0 Å². The lowest BCUT2D eigenvalue weighted by Crippen LogP contribution is -2.41. The molecule has 116 valence electrons. The van der Waals surface area contributed by atoms with Gasteiger partial charge in [-0.15, -0.1) is 0 Å². The van der Waals surface area contributed by atoms with Crippen LogP contribution >= 0.6 is 0 Å². The Kier molecular flexibility index (Phi) is 4.75. The predicted octanol–water partition coefficient (Wildman–Crippen LogP) is 1.49. The standard InChI is InChI=1S/C15H24N4O2/c20-15(17-9-12-3-2-8-21-11-12)18-10-13-4-1-6-19-7-5-16-14(13)19/h5,7,12-13H,1-4,6,8-11H2,(H2,17,18,20). The third-order valence-corrected chi connectivity index (χ3v) is 4.38. The van der Waals surface area contributed by atoms with E-state index in [0.717, 1.165) is 51.3 Å². The minimum Gasteiger partial charge on any atom is -0.381 e. The highest BCUT2D eigenvalue weighted by Crippen LogP contribution is 2.24. The summed E-state index contributed by atoms with van der Waals surface area (Å²) in [6, 6.07) is -0.0794. The first kappa shape index (κ1) is 14.4. The molecule has 2 aliphatic rings. The molecular weight excluding hydrogens is 268 g/mol. The highest BCUT2D eigenvalue weighted by atomic mass is 16.5. The minimum atomic E-state index is -0.0794. The van der Waals surface area contributed by atoms with Crippen molar-refractivity contribution >= 4 is 6.03 Å². The number of aromatic nitrogens is 2. The number of fused-ring (bicyclic) bond motifs is 1. The van der Waals surface area contributed by atoms with Crippen molar-refractivity contribution in [3.63, 3.8) is 0 Å². The molecule has 1 aromatic heterocycles. The van der Waals surface area contributed by atoms with E-state index in [9.17, 15) is 4.79 Å². The Bertz CT molecular complexity index is 468. The summed E-state index contributed by atoms with van der Waals surface area (Å²) in [5.41, 5.74) is 0. The van der Waals surface area contributed by atoms with Crippen LogP contribution in [0.1, 0.15) is 37.4 Å². The van der Waals surface area contributed by atoms with E-state index < -0.39 is 0 Å². The molecule has 21 heavy (non-hydrogen) atoms. The average molecular weight is 292 g/mol. The number of carbonyl (C=O) groups is 1. The van der Waals surface area contributed by atoms with Crippen molar-refractivity contribution in [2.45, 2.75) is 38.1 Å². The largest absolute Gasteiger partial charge is 0.381 e. The first-order chi connectivity index (χ1) is 10.3. The molecule has 2 N–H and O–H groups in total. The fraction of sp³-hybridized carbons (Fsp3) is 0.733. The van der Waals surface area contributed by atoms with Gasteiger partial charge in [0.25, 0.3) is 0 Å². The number of amides is 2. The molecule has 3 heterocycles. The van der Waals surface area contributed by atoms with Crippen molar-refractivity contribution in [2.75, 3.05) is 26.3 Å². The SMILES string of the molecule is O=C(NCC1CCCOC1)NCC1CCCn2ccnc21. The number of aryl methyl sites for hydroxylation is 1. The maximum Gasteiger partial charge on any atom is 0.314 e. The molecule has 1 aromatic rings. The molecule has 0 saturated carbocycles. The van der Waals surface area contributed by atoms with Gasteiger partial charge in [0.05, 0.1) is 6.61 Å². The Labute approximate surface area is 125 Å². The van der Waals surface area contributed by atoms with Crippen LogP contribution in [0.15, 0.2) is 12.4 Å². The van der Waals surface area contributed by atoms with E-state index in [1.54, 1.807) is 0 Å². The summed E-state index contributed by atoms with van der Waals surface area (Å²) in [6.45, 7) is 4.02. The van der Waals surface area contributed by atoms with Crippen LogP contribution in [0, 0.1) is 5.92 Å². The van der Waals surface area contributed by atoms with Gasteiger partial charge < -0.3 is 19.9 Å². The molecule has 0 bridgehead atoms. The summed E-state index contributed by atoms with van der Waals surface area (Å²) in [4.78, 5) is 16.3. The van der Waals surface area contributed by atoms with Gasteiger partial charge in [-0.2, -0.15) is 0 Å². The second-order valence-corrected chi connectivity index (χ2v) is 5.99. The van der Waals surface area contributed by atoms with Crippen LogP contribution in [0.2, 0.25) is 0 Å². The van der Waals surface area contributed by atoms with Crippen LogP contribution in [0.25, 0.3) is 0 Å². The summed E-state index contributed by atoms with van der Waals surface area (Å²) < 4.78 is 7.60. The fourth-order valence-electron chi connectivity index (χ4n) is 3.18. The molecule has 0 aliphatic carbocycles. The van der Waals surface area contributed by atoms with Gasteiger partial charge in [-0.3, -0.25) is 0 Å². The molecule has 1 fully saturated rings. The van der Waals surface area contributed by atoms with Crippen LogP contribution in [0.3, 0.4) is 0 Å². The molecule has 1 saturated heterocycles. The quantitative estimate of drug-likeness (QED) is 0.883. The molecule has 6 nitrogen and oxygen atoms in total. The third kappa shape index (κ3) is 3.75. The van der Waals surface area contributed by atoms with Crippen LogP contribution in [-0.4, -0.2) is 41.9 Å². The zero-order valence-electron chi connectivity index (χ0n) is 12.4. The van der Waals surface area contributed by atoms with Gasteiger partial charge in [0.1, 0.15) is 5.82 Å². The van der Waals surface area contributed by atoms with Crippen molar-refractivity contribution in [2.24, 2.45) is 5.92 Å². The number of hydrogen-bond acceptors (Lipinski definition) is 3. The van der Waals surface area contributed by atoms with E-state index in [0.29, 0.717) is 24.9 Å². The zero-order chi connectivity index (χ0) is 14.5. The van der Waals surface area contributed by atoms with E-state index in [4.69, 9.17) is 4.74 Å². The van der Waals surface area contributed by atoms with Crippen molar-refractivity contribution < 1.29 is 9.53 Å². The van der Waals surface area contributed by atoms with Crippen LogP contribution in [0.4, 0.5) is 4.79 Å². The summed E-state index contributed by atoms with van der Waals surface area (Å²) in [6.07, 6.45) is 8.34. The summed E-state index contributed by atoms with van der Waals surface area (Å²) >= 11 is 0. The lowest BCUT2D eigenvalue weighted by atomic mass is 9.99. The highest BCUT2D eigenvalue weighted by molar-refractivity contribution is 5.73. The lowest BCUT2D eigenvalue weighted by molar-refractivity contribution is 0.0557. The van der Waals surface area contributed by atoms with Crippen molar-refractivity contribution in [1.82, 2.24) is 20.2 Å². The van der Waals surface area contributed by atoms with Gasteiger partial charge >= 0.3 is 6.03 Å². The van der Waals surface area contributed by atoms with Gasteiger partial charge in [-0.05, 0) is 31.6 Å². The topological polar surface area (TPSA) is 68.2 Å². The van der Waals surface area contributed by atoms with Crippen molar-refractivity contribution in [3.8, 4) is 0 Å². The number of rotatable bonds is 4. The smallest absolute Gasteiger partial charge is 0.314 e. The summed E-state index contributed by atoms with van der Waals surface area (Å²) in [5, 5.41) is 5.93. The van der Waals surface area contributed by atoms with Gasteiger partial charge in [-0.1, -0.05) is 0 Å². The zero-order valence-corrected chi connectivity index (χ0v) is 12.4. The van der Waals surface area contributed by atoms with Crippen molar-refractivity contribution in [1.29, 1.82) is 0 Å². The van der Waals surface area contributed by atoms with Gasteiger partial charge in [0.2, 0.25) is 0 Å². The number of imidazole rings is 1. The Morgan fingerprint density at radius 3 is 3.10 bits per heavy atom. The van der Waals surface area contributed by atoms with Crippen LogP contribution < -0.4 is 10.6 Å². The third-order valence-electron chi connectivity index (χ3n) is 4.38. The van der Waals surface area contributed by atoms with Gasteiger partial charge in [0.15, 0.2) is 0 Å². The highest BCUT2D eigenvalue weighted by Gasteiger charge is 2.22. The Hall–Kier alpha value is -1.56. The molecule has 2 unspecified atom stereocenters. The average Bonchev–Trinajstić information content (AvgIpc) is 3.01. The molecule has 0 aromatic carbocycles. The predicted molar refractivity (Wildman–Crippen MR) is 79.1 cm³/mol. The minimum absolute atomic E-state index is 0.0794. The van der Waals surface area contributed by atoms with E-state index in [1.165, 1.54) is 0 Å². The molecule has 6 heteroatoms. The Morgan fingerprint density at radius 2 is 2.24 bits per heavy atom. The van der Waals surface area contributed by atoms with Gasteiger partial charge in [0, 0.05) is 44.6 Å². The maximum absolute atomic E-state index is 11.9. The first-order valence-corrected chi connectivity index (χ1v) is 7.93. The second kappa shape index (κ2) is 6.93. The van der Waals surface area contributed by atoms with Crippen molar-refractivity contribution in [3.05, 3.63) is 18.2 Å². The molecule has 2 amide bonds. The normalized spacial score (nSPS) is 25.1. The number of ether oxygens (including phenoxy) is 1. The number of urea groups is 1. The summed E-state index contributed by atoms with van der Waals surface area (Å²) in [5.74, 6) is 1.89. The van der Waals surface area contributed by atoms with Crippen LogP contribution in [-0.2, 0) is 11.3 Å². The van der Waals surface area contributed by atoms with Crippen LogP contribution in [0.5, 0.6) is 0 Å².